The molecule has 12 rings (SSSR count). The standard InChI is InChI=1S/C54H35N3S/c1-4-16-38(17-5-1)55(39-18-6-2-7-19-39)51-34-37(36-28-30-44-42-22-10-13-25-48(42)56(50(44)33-36)40-20-8-3-9-21-40)32-47-43-23-11-14-26-49(43)57(54(47)51)41-29-31-53-46(35-41)45-24-12-15-27-52(45)58-53/h1-35H. The first-order valence-corrected chi connectivity index (χ1v) is 20.6. The minimum absolute atomic E-state index is 1.10. The summed E-state index contributed by atoms with van der Waals surface area (Å²) in [5.74, 6) is 0. The number of nitrogens with zero attached hydrogens (tertiary/aromatic N) is 3. The van der Waals surface area contributed by atoms with Gasteiger partial charge in [0.2, 0.25) is 0 Å². The van der Waals surface area contributed by atoms with Crippen LogP contribution < -0.4 is 4.90 Å². The second-order valence-electron chi connectivity index (χ2n) is 14.9. The van der Waals surface area contributed by atoms with Gasteiger partial charge in [0.05, 0.1) is 27.8 Å². The molecule has 12 aromatic rings. The molecule has 0 aliphatic rings. The number of benzene rings is 9. The van der Waals surface area contributed by atoms with Crippen molar-refractivity contribution in [2.75, 3.05) is 4.90 Å². The van der Waals surface area contributed by atoms with E-state index in [0.29, 0.717) is 0 Å². The normalized spacial score (nSPS) is 11.8. The first-order chi connectivity index (χ1) is 28.8. The summed E-state index contributed by atoms with van der Waals surface area (Å²) in [6, 6.07) is 77.5. The zero-order valence-corrected chi connectivity index (χ0v) is 32.3. The minimum Gasteiger partial charge on any atom is -0.309 e. The summed E-state index contributed by atoms with van der Waals surface area (Å²) in [6.07, 6.45) is 0. The molecule has 0 saturated heterocycles. The molecule has 0 amide bonds. The first kappa shape index (κ1) is 32.8. The van der Waals surface area contributed by atoms with Gasteiger partial charge in [0.15, 0.2) is 0 Å². The lowest BCUT2D eigenvalue weighted by Crippen LogP contribution is -2.11. The van der Waals surface area contributed by atoms with Gasteiger partial charge in [0.25, 0.3) is 0 Å². The van der Waals surface area contributed by atoms with E-state index in [1.165, 1.54) is 63.8 Å². The molecule has 3 nitrogen and oxygen atoms in total. The SMILES string of the molecule is c1ccc(N(c2ccccc2)c2cc(-c3ccc4c5ccccc5n(-c5ccccc5)c4c3)cc3c4ccccc4n(-c4ccc5sc6ccccc6c5c4)c23)cc1. The number of fused-ring (bicyclic) bond motifs is 9. The number of hydrogen-bond acceptors (Lipinski definition) is 2. The fourth-order valence-corrected chi connectivity index (χ4v) is 10.2. The molecule has 3 heterocycles. The highest BCUT2D eigenvalue weighted by molar-refractivity contribution is 7.25. The molecule has 0 saturated carbocycles. The Hall–Kier alpha value is -7.40. The Balaban J connectivity index is 1.19. The van der Waals surface area contributed by atoms with E-state index in [4.69, 9.17) is 0 Å². The van der Waals surface area contributed by atoms with Crippen LogP contribution in [0.5, 0.6) is 0 Å². The van der Waals surface area contributed by atoms with E-state index in [1.807, 2.05) is 11.3 Å². The Morgan fingerprint density at radius 1 is 0.328 bits per heavy atom. The molecule has 3 aromatic heterocycles. The van der Waals surface area contributed by atoms with Crippen molar-refractivity contribution >= 4 is 92.2 Å². The molecule has 9 aromatic carbocycles. The van der Waals surface area contributed by atoms with Gasteiger partial charge in [0.1, 0.15) is 0 Å². The van der Waals surface area contributed by atoms with Gasteiger partial charge in [0, 0.05) is 64.5 Å². The lowest BCUT2D eigenvalue weighted by atomic mass is 9.99. The third-order valence-electron chi connectivity index (χ3n) is 11.7. The lowest BCUT2D eigenvalue weighted by molar-refractivity contribution is 1.17. The van der Waals surface area contributed by atoms with E-state index in [0.717, 1.165) is 39.5 Å². The molecule has 0 atom stereocenters. The van der Waals surface area contributed by atoms with Crippen LogP contribution in [-0.4, -0.2) is 9.13 Å². The summed E-state index contributed by atoms with van der Waals surface area (Å²) >= 11 is 1.86. The van der Waals surface area contributed by atoms with Gasteiger partial charge in [-0.05, 0) is 102 Å². The molecule has 0 bridgehead atoms. The minimum atomic E-state index is 1.10. The molecule has 0 aliphatic heterocycles. The highest BCUT2D eigenvalue weighted by atomic mass is 32.1. The molecule has 0 fully saturated rings. The van der Waals surface area contributed by atoms with Crippen molar-refractivity contribution in [3.8, 4) is 22.5 Å². The van der Waals surface area contributed by atoms with Crippen LogP contribution in [0.2, 0.25) is 0 Å². The van der Waals surface area contributed by atoms with Gasteiger partial charge in [-0.2, -0.15) is 0 Å². The average Bonchev–Trinajstić information content (AvgIpc) is 3.95. The maximum absolute atomic E-state index is 2.49. The van der Waals surface area contributed by atoms with E-state index in [-0.39, 0.29) is 0 Å². The van der Waals surface area contributed by atoms with Gasteiger partial charge in [-0.3, -0.25) is 0 Å². The van der Waals surface area contributed by atoms with Crippen molar-refractivity contribution in [2.45, 2.75) is 0 Å². The summed E-state index contributed by atoms with van der Waals surface area (Å²) in [5.41, 5.74) is 12.7. The smallest absolute Gasteiger partial charge is 0.0782 e. The molecule has 0 unspecified atom stereocenters. The monoisotopic (exact) mass is 757 g/mol. The Bertz CT molecular complexity index is 3460. The molecule has 0 aliphatic carbocycles. The Labute approximate surface area is 339 Å². The number of hydrogen-bond donors (Lipinski definition) is 0. The number of anilines is 3. The van der Waals surface area contributed by atoms with Gasteiger partial charge in [-0.25, -0.2) is 0 Å². The zero-order valence-electron chi connectivity index (χ0n) is 31.5. The van der Waals surface area contributed by atoms with Crippen LogP contribution in [0.15, 0.2) is 212 Å². The van der Waals surface area contributed by atoms with Crippen molar-refractivity contribution in [1.29, 1.82) is 0 Å². The van der Waals surface area contributed by atoms with Crippen molar-refractivity contribution in [1.82, 2.24) is 9.13 Å². The largest absolute Gasteiger partial charge is 0.309 e. The maximum Gasteiger partial charge on any atom is 0.0782 e. The fraction of sp³-hybridized carbons (Fsp3) is 0. The molecule has 0 radical (unpaired) electrons. The molecule has 0 N–H and O–H groups in total. The Kier molecular flexibility index (Phi) is 7.40. The fourth-order valence-electron chi connectivity index (χ4n) is 9.12. The third kappa shape index (κ3) is 5.05. The van der Waals surface area contributed by atoms with E-state index < -0.39 is 0 Å². The summed E-state index contributed by atoms with van der Waals surface area (Å²) in [7, 11) is 0. The van der Waals surface area contributed by atoms with Crippen LogP contribution in [-0.2, 0) is 0 Å². The zero-order chi connectivity index (χ0) is 38.2. The Morgan fingerprint density at radius 2 is 0.897 bits per heavy atom. The average molecular weight is 758 g/mol. The van der Waals surface area contributed by atoms with Crippen LogP contribution in [0.25, 0.3) is 86.3 Å². The predicted octanol–water partition coefficient (Wildman–Crippen LogP) is 15.4. The van der Waals surface area contributed by atoms with Crippen molar-refractivity contribution in [3.63, 3.8) is 0 Å². The van der Waals surface area contributed by atoms with Gasteiger partial charge in [-0.15, -0.1) is 11.3 Å². The summed E-state index contributed by atoms with van der Waals surface area (Å²) < 4.78 is 7.51. The summed E-state index contributed by atoms with van der Waals surface area (Å²) in [6.45, 7) is 0. The van der Waals surface area contributed by atoms with Gasteiger partial charge >= 0.3 is 0 Å². The molecular weight excluding hydrogens is 723 g/mol. The third-order valence-corrected chi connectivity index (χ3v) is 12.8. The van der Waals surface area contributed by atoms with Crippen molar-refractivity contribution in [2.24, 2.45) is 0 Å². The van der Waals surface area contributed by atoms with E-state index in [9.17, 15) is 0 Å². The van der Waals surface area contributed by atoms with Crippen molar-refractivity contribution in [3.05, 3.63) is 212 Å². The second-order valence-corrected chi connectivity index (χ2v) is 16.0. The molecular formula is C54H35N3S. The Morgan fingerprint density at radius 3 is 1.62 bits per heavy atom. The molecule has 272 valence electrons. The van der Waals surface area contributed by atoms with E-state index in [1.54, 1.807) is 0 Å². The lowest BCUT2D eigenvalue weighted by Gasteiger charge is -2.28. The summed E-state index contributed by atoms with van der Waals surface area (Å²) in [5, 5.41) is 7.50. The highest BCUT2D eigenvalue weighted by Gasteiger charge is 2.24. The second kappa shape index (κ2) is 13.1. The van der Waals surface area contributed by atoms with Gasteiger partial charge < -0.3 is 14.0 Å². The van der Waals surface area contributed by atoms with Crippen LogP contribution in [0.3, 0.4) is 0 Å². The molecule has 4 heteroatoms. The molecule has 0 spiro atoms. The quantitative estimate of drug-likeness (QED) is 0.165. The number of para-hydroxylation sites is 5. The van der Waals surface area contributed by atoms with Gasteiger partial charge in [-0.1, -0.05) is 121 Å². The van der Waals surface area contributed by atoms with Crippen LogP contribution in [0, 0.1) is 0 Å². The summed E-state index contributed by atoms with van der Waals surface area (Å²) in [4.78, 5) is 2.43. The topological polar surface area (TPSA) is 13.1 Å². The number of rotatable bonds is 6. The highest BCUT2D eigenvalue weighted by Crippen LogP contribution is 2.47. The number of aromatic nitrogens is 2. The predicted molar refractivity (Wildman–Crippen MR) is 248 cm³/mol. The molecule has 58 heavy (non-hydrogen) atoms. The van der Waals surface area contributed by atoms with E-state index >= 15 is 0 Å². The van der Waals surface area contributed by atoms with E-state index in [2.05, 4.69) is 226 Å². The van der Waals surface area contributed by atoms with Crippen LogP contribution in [0.4, 0.5) is 17.1 Å². The maximum atomic E-state index is 2.49. The van der Waals surface area contributed by atoms with Crippen molar-refractivity contribution < 1.29 is 0 Å². The van der Waals surface area contributed by atoms with Crippen LogP contribution in [0.1, 0.15) is 0 Å². The van der Waals surface area contributed by atoms with Crippen LogP contribution >= 0.6 is 11.3 Å². The number of thiophene rings is 1. The first-order valence-electron chi connectivity index (χ1n) is 19.8.